The largest absolute Gasteiger partial charge is 0.480 e. The number of para-hydroxylation sites is 1. The van der Waals surface area contributed by atoms with Crippen molar-refractivity contribution >= 4 is 22.8 Å². The van der Waals surface area contributed by atoms with Gasteiger partial charge in [-0.15, -0.1) is 0 Å². The minimum absolute atomic E-state index is 0.0194. The number of fused-ring (bicyclic) bond motifs is 1. The van der Waals surface area contributed by atoms with Crippen LogP contribution in [0.3, 0.4) is 0 Å². The van der Waals surface area contributed by atoms with Gasteiger partial charge in [-0.3, -0.25) is 4.79 Å². The number of rotatable bonds is 5. The number of alkyl halides is 3. The fraction of sp³-hybridized carbons (Fsp3) is 0.150. The van der Waals surface area contributed by atoms with Crippen molar-refractivity contribution in [3.63, 3.8) is 0 Å². The Labute approximate surface area is 157 Å². The smallest absolute Gasteiger partial charge is 0.416 e. The summed E-state index contributed by atoms with van der Waals surface area (Å²) in [6, 6.07) is 13.3. The molecule has 0 aliphatic carbocycles. The van der Waals surface area contributed by atoms with Crippen molar-refractivity contribution in [1.29, 1.82) is 0 Å². The molecule has 0 aliphatic rings. The monoisotopic (exact) mass is 388 g/mol. The van der Waals surface area contributed by atoms with Gasteiger partial charge in [-0.2, -0.15) is 13.2 Å². The predicted molar refractivity (Wildman–Crippen MR) is 95.8 cm³/mol. The first-order valence-electron chi connectivity index (χ1n) is 8.30. The first-order valence-corrected chi connectivity index (χ1v) is 8.30. The Hall–Kier alpha value is -3.42. The maximum absolute atomic E-state index is 13.1. The van der Waals surface area contributed by atoms with Crippen LogP contribution >= 0.6 is 0 Å². The Morgan fingerprint density at radius 1 is 1.00 bits per heavy atom. The van der Waals surface area contributed by atoms with Gasteiger partial charge in [0.15, 0.2) is 0 Å². The number of carboxylic acid groups (broad SMARTS) is 1. The Morgan fingerprint density at radius 2 is 1.68 bits per heavy atom. The summed E-state index contributed by atoms with van der Waals surface area (Å²) in [5.74, 6) is -2.21. The average Bonchev–Trinajstić information content (AvgIpc) is 2.66. The molecule has 144 valence electrons. The number of carboxylic acids is 1. The van der Waals surface area contributed by atoms with Crippen LogP contribution in [-0.2, 0) is 17.4 Å². The SMILES string of the molecule is O=C(N[C@@H](Cc1ccccc1C(F)(F)F)C(=O)O)c1ccc2ccccc2n1. The summed E-state index contributed by atoms with van der Waals surface area (Å²) in [5.41, 5.74) is -0.619. The number of halogens is 3. The van der Waals surface area contributed by atoms with E-state index in [0.29, 0.717) is 5.52 Å². The van der Waals surface area contributed by atoms with E-state index in [0.717, 1.165) is 11.5 Å². The third-order valence-corrected chi connectivity index (χ3v) is 4.18. The van der Waals surface area contributed by atoms with Crippen LogP contribution in [0, 0.1) is 0 Å². The van der Waals surface area contributed by atoms with Gasteiger partial charge in [0.05, 0.1) is 11.1 Å². The number of pyridine rings is 1. The third-order valence-electron chi connectivity index (χ3n) is 4.18. The highest BCUT2D eigenvalue weighted by Gasteiger charge is 2.34. The van der Waals surface area contributed by atoms with Crippen LogP contribution in [0.2, 0.25) is 0 Å². The van der Waals surface area contributed by atoms with Crippen LogP contribution in [0.15, 0.2) is 60.7 Å². The van der Waals surface area contributed by atoms with Crippen molar-refractivity contribution < 1.29 is 27.9 Å². The molecule has 8 heteroatoms. The summed E-state index contributed by atoms with van der Waals surface area (Å²) in [6.07, 6.45) is -5.13. The van der Waals surface area contributed by atoms with Gasteiger partial charge in [0.1, 0.15) is 11.7 Å². The molecule has 2 N–H and O–H groups in total. The van der Waals surface area contributed by atoms with E-state index < -0.39 is 36.1 Å². The Morgan fingerprint density at radius 3 is 2.39 bits per heavy atom. The molecule has 0 bridgehead atoms. The van der Waals surface area contributed by atoms with E-state index >= 15 is 0 Å². The van der Waals surface area contributed by atoms with Crippen molar-refractivity contribution in [3.05, 3.63) is 77.5 Å². The fourth-order valence-electron chi connectivity index (χ4n) is 2.82. The van der Waals surface area contributed by atoms with Crippen LogP contribution in [0.25, 0.3) is 10.9 Å². The number of carbonyl (C=O) groups excluding carboxylic acids is 1. The molecule has 0 aliphatic heterocycles. The molecule has 0 fully saturated rings. The summed E-state index contributed by atoms with van der Waals surface area (Å²) in [7, 11) is 0. The minimum Gasteiger partial charge on any atom is -0.480 e. The quantitative estimate of drug-likeness (QED) is 0.699. The summed E-state index contributed by atoms with van der Waals surface area (Å²) in [5, 5.41) is 12.4. The number of hydrogen-bond donors (Lipinski definition) is 2. The van der Waals surface area contributed by atoms with E-state index in [2.05, 4.69) is 10.3 Å². The minimum atomic E-state index is -4.62. The molecule has 3 aromatic rings. The zero-order valence-corrected chi connectivity index (χ0v) is 14.4. The lowest BCUT2D eigenvalue weighted by Gasteiger charge is -2.18. The van der Waals surface area contributed by atoms with Gasteiger partial charge in [-0.25, -0.2) is 9.78 Å². The second kappa shape index (κ2) is 7.67. The van der Waals surface area contributed by atoms with E-state index in [4.69, 9.17) is 0 Å². The molecule has 1 aromatic heterocycles. The zero-order valence-electron chi connectivity index (χ0n) is 14.4. The van der Waals surface area contributed by atoms with Gasteiger partial charge in [-0.1, -0.05) is 42.5 Å². The second-order valence-corrected chi connectivity index (χ2v) is 6.11. The van der Waals surface area contributed by atoms with Gasteiger partial charge in [-0.05, 0) is 23.8 Å². The predicted octanol–water partition coefficient (Wildman–Crippen LogP) is 3.68. The molecule has 2 aromatic carbocycles. The lowest BCUT2D eigenvalue weighted by Crippen LogP contribution is -2.43. The van der Waals surface area contributed by atoms with E-state index in [1.807, 2.05) is 6.07 Å². The summed E-state index contributed by atoms with van der Waals surface area (Å²) < 4.78 is 39.4. The van der Waals surface area contributed by atoms with Crippen molar-refractivity contribution in [2.45, 2.75) is 18.6 Å². The second-order valence-electron chi connectivity index (χ2n) is 6.11. The summed E-state index contributed by atoms with van der Waals surface area (Å²) >= 11 is 0. The number of aliphatic carboxylic acids is 1. The van der Waals surface area contributed by atoms with Gasteiger partial charge < -0.3 is 10.4 Å². The van der Waals surface area contributed by atoms with Crippen molar-refractivity contribution in [2.75, 3.05) is 0 Å². The molecular formula is C20H15F3N2O3. The molecule has 0 unspecified atom stereocenters. The third kappa shape index (κ3) is 4.28. The first kappa shape index (κ1) is 19.3. The number of nitrogens with zero attached hydrogens (tertiary/aromatic N) is 1. The van der Waals surface area contributed by atoms with E-state index in [9.17, 15) is 27.9 Å². The lowest BCUT2D eigenvalue weighted by atomic mass is 9.99. The molecule has 0 spiro atoms. The average molecular weight is 388 g/mol. The van der Waals surface area contributed by atoms with E-state index in [-0.39, 0.29) is 11.3 Å². The van der Waals surface area contributed by atoms with Crippen molar-refractivity contribution in [3.8, 4) is 0 Å². The molecule has 1 atom stereocenters. The Balaban J connectivity index is 1.83. The molecule has 1 amide bonds. The first-order chi connectivity index (χ1) is 13.3. The zero-order chi connectivity index (χ0) is 20.3. The van der Waals surface area contributed by atoms with Crippen LogP contribution < -0.4 is 5.32 Å². The van der Waals surface area contributed by atoms with Crippen molar-refractivity contribution in [1.82, 2.24) is 10.3 Å². The number of hydrogen-bond acceptors (Lipinski definition) is 3. The van der Waals surface area contributed by atoms with Crippen LogP contribution in [0.4, 0.5) is 13.2 Å². The summed E-state index contributed by atoms with van der Waals surface area (Å²) in [4.78, 5) is 28.1. The maximum atomic E-state index is 13.1. The molecule has 0 saturated carbocycles. The molecular weight excluding hydrogens is 373 g/mol. The Kier molecular flexibility index (Phi) is 5.30. The fourth-order valence-corrected chi connectivity index (χ4v) is 2.82. The number of nitrogens with one attached hydrogen (secondary N) is 1. The van der Waals surface area contributed by atoms with Crippen molar-refractivity contribution in [2.24, 2.45) is 0 Å². The number of carbonyl (C=O) groups is 2. The lowest BCUT2D eigenvalue weighted by molar-refractivity contribution is -0.141. The highest BCUT2D eigenvalue weighted by molar-refractivity contribution is 5.97. The number of amides is 1. The topological polar surface area (TPSA) is 79.3 Å². The molecule has 5 nitrogen and oxygen atoms in total. The molecule has 1 heterocycles. The van der Waals surface area contributed by atoms with Gasteiger partial charge >= 0.3 is 12.1 Å². The van der Waals surface area contributed by atoms with E-state index in [1.54, 1.807) is 24.3 Å². The van der Waals surface area contributed by atoms with Crippen LogP contribution in [0.5, 0.6) is 0 Å². The van der Waals surface area contributed by atoms with Gasteiger partial charge in [0.2, 0.25) is 0 Å². The maximum Gasteiger partial charge on any atom is 0.416 e. The van der Waals surface area contributed by atoms with Crippen LogP contribution in [0.1, 0.15) is 21.6 Å². The highest BCUT2D eigenvalue weighted by atomic mass is 19.4. The van der Waals surface area contributed by atoms with Gasteiger partial charge in [0.25, 0.3) is 5.91 Å². The highest BCUT2D eigenvalue weighted by Crippen LogP contribution is 2.32. The standard InChI is InChI=1S/C20H15F3N2O3/c21-20(22,23)14-7-3-1-6-13(14)11-17(19(27)28)25-18(26)16-10-9-12-5-2-4-8-15(12)24-16/h1-10,17H,11H2,(H,25,26)(H,27,28)/t17-/m0/s1. The molecule has 0 saturated heterocycles. The van der Waals surface area contributed by atoms with E-state index in [1.165, 1.54) is 24.3 Å². The van der Waals surface area contributed by atoms with Crippen LogP contribution in [-0.4, -0.2) is 28.0 Å². The molecule has 0 radical (unpaired) electrons. The number of benzene rings is 2. The number of aromatic nitrogens is 1. The molecule has 28 heavy (non-hydrogen) atoms. The Bertz CT molecular complexity index is 1030. The normalized spacial score (nSPS) is 12.5. The summed E-state index contributed by atoms with van der Waals surface area (Å²) in [6.45, 7) is 0. The molecule has 3 rings (SSSR count). The van der Waals surface area contributed by atoms with Gasteiger partial charge in [0, 0.05) is 11.8 Å².